The summed E-state index contributed by atoms with van der Waals surface area (Å²) in [7, 11) is 0. The molecule has 0 unspecified atom stereocenters. The van der Waals surface area contributed by atoms with Gasteiger partial charge in [0.15, 0.2) is 5.78 Å². The van der Waals surface area contributed by atoms with E-state index in [2.05, 4.69) is 6.07 Å². The van der Waals surface area contributed by atoms with Gasteiger partial charge >= 0.3 is 0 Å². The first-order valence-electron chi connectivity index (χ1n) is 6.10. The van der Waals surface area contributed by atoms with Crippen molar-refractivity contribution in [3.05, 3.63) is 71.3 Å². The molecule has 3 nitrogen and oxygen atoms in total. The van der Waals surface area contributed by atoms with Gasteiger partial charge in [0.25, 0.3) is 0 Å². The Morgan fingerprint density at radius 3 is 2.47 bits per heavy atom. The molecule has 0 aliphatic heterocycles. The first-order valence-corrected chi connectivity index (χ1v) is 6.10. The predicted octanol–water partition coefficient (Wildman–Crippen LogP) is 2.59. The van der Waals surface area contributed by atoms with Crippen LogP contribution >= 0.6 is 0 Å². The average Bonchev–Trinajstić information content (AvgIpc) is 2.46. The Kier molecular flexibility index (Phi) is 4.08. The number of rotatable bonds is 5. The third-order valence-corrected chi connectivity index (χ3v) is 2.92. The van der Waals surface area contributed by atoms with Crippen LogP contribution in [-0.2, 0) is 6.42 Å². The fourth-order valence-corrected chi connectivity index (χ4v) is 1.81. The minimum Gasteiger partial charge on any atom is -0.384 e. The standard InChI is InChI=1S/C16H15N2O/c17-16(18)14-9-6-12(7-10-14)8-11-15(19)13-4-2-1-3-5-13/h1-4,6-7,9-10H,8,11H2,(H3,17,18). The topological polar surface area (TPSA) is 66.9 Å². The Hall–Kier alpha value is -2.42. The van der Waals surface area contributed by atoms with E-state index in [9.17, 15) is 4.79 Å². The summed E-state index contributed by atoms with van der Waals surface area (Å²) in [5, 5.41) is 7.31. The molecule has 2 aromatic rings. The van der Waals surface area contributed by atoms with Crippen LogP contribution in [0.3, 0.4) is 0 Å². The molecule has 0 fully saturated rings. The zero-order valence-electron chi connectivity index (χ0n) is 10.5. The number of carbonyl (C=O) groups is 1. The van der Waals surface area contributed by atoms with Crippen molar-refractivity contribution >= 4 is 11.6 Å². The van der Waals surface area contributed by atoms with Crippen molar-refractivity contribution in [3.8, 4) is 0 Å². The van der Waals surface area contributed by atoms with Gasteiger partial charge in [0.05, 0.1) is 0 Å². The largest absolute Gasteiger partial charge is 0.384 e. The molecule has 0 amide bonds. The summed E-state index contributed by atoms with van der Waals surface area (Å²) in [5.74, 6) is 0.151. The number of nitrogens with one attached hydrogen (secondary N) is 1. The van der Waals surface area contributed by atoms with Crippen LogP contribution in [0.1, 0.15) is 27.9 Å². The quantitative estimate of drug-likeness (QED) is 0.487. The summed E-state index contributed by atoms with van der Waals surface area (Å²) in [6.07, 6.45) is 1.14. The Balaban J connectivity index is 1.95. The Bertz CT molecular complexity index is 573. The second kappa shape index (κ2) is 5.96. The van der Waals surface area contributed by atoms with Crippen LogP contribution in [0, 0.1) is 11.5 Å². The second-order valence-electron chi connectivity index (χ2n) is 4.31. The van der Waals surface area contributed by atoms with E-state index in [1.54, 1.807) is 24.3 Å². The van der Waals surface area contributed by atoms with Gasteiger partial charge in [0, 0.05) is 17.5 Å². The predicted molar refractivity (Wildman–Crippen MR) is 75.4 cm³/mol. The monoisotopic (exact) mass is 251 g/mol. The van der Waals surface area contributed by atoms with Gasteiger partial charge in [-0.25, -0.2) is 0 Å². The maximum absolute atomic E-state index is 11.9. The highest BCUT2D eigenvalue weighted by atomic mass is 16.1. The second-order valence-corrected chi connectivity index (χ2v) is 4.31. The molecular weight excluding hydrogens is 236 g/mol. The number of hydrogen-bond acceptors (Lipinski definition) is 2. The number of nitrogen functional groups attached to an aromatic ring is 1. The molecule has 2 aromatic carbocycles. The SMILES string of the molecule is N=C(N)c1ccc(CCC(=O)c2[c]cccc2)cc1. The van der Waals surface area contributed by atoms with Crippen molar-refractivity contribution in [2.45, 2.75) is 12.8 Å². The Morgan fingerprint density at radius 2 is 1.89 bits per heavy atom. The number of benzene rings is 2. The van der Waals surface area contributed by atoms with Crippen molar-refractivity contribution in [2.75, 3.05) is 0 Å². The zero-order valence-corrected chi connectivity index (χ0v) is 10.5. The number of Topliss-reactive ketones (excluding diaryl/α,β-unsaturated/α-hetero) is 1. The molecule has 0 heterocycles. The van der Waals surface area contributed by atoms with E-state index >= 15 is 0 Å². The lowest BCUT2D eigenvalue weighted by molar-refractivity contribution is 0.0982. The average molecular weight is 251 g/mol. The van der Waals surface area contributed by atoms with Crippen LogP contribution in [-0.4, -0.2) is 11.6 Å². The molecule has 1 radical (unpaired) electrons. The number of nitrogens with two attached hydrogens (primary N) is 1. The minimum atomic E-state index is 0.0570. The molecule has 0 atom stereocenters. The summed E-state index contributed by atoms with van der Waals surface area (Å²) in [6.45, 7) is 0. The first-order chi connectivity index (χ1) is 9.16. The highest BCUT2D eigenvalue weighted by Gasteiger charge is 2.05. The molecule has 2 rings (SSSR count). The number of amidine groups is 1. The molecule has 0 saturated heterocycles. The van der Waals surface area contributed by atoms with Crippen molar-refractivity contribution in [2.24, 2.45) is 5.73 Å². The van der Waals surface area contributed by atoms with E-state index in [4.69, 9.17) is 11.1 Å². The molecular formula is C16H15N2O. The van der Waals surface area contributed by atoms with Crippen LogP contribution < -0.4 is 5.73 Å². The van der Waals surface area contributed by atoms with Gasteiger partial charge in [-0.05, 0) is 18.1 Å². The van der Waals surface area contributed by atoms with Crippen LogP contribution in [0.4, 0.5) is 0 Å². The highest BCUT2D eigenvalue weighted by Crippen LogP contribution is 2.09. The lowest BCUT2D eigenvalue weighted by atomic mass is 10.0. The maximum Gasteiger partial charge on any atom is 0.163 e. The Morgan fingerprint density at radius 1 is 1.16 bits per heavy atom. The van der Waals surface area contributed by atoms with Crippen LogP contribution in [0.25, 0.3) is 0 Å². The van der Waals surface area contributed by atoms with E-state index < -0.39 is 0 Å². The van der Waals surface area contributed by atoms with Gasteiger partial charge in [0.2, 0.25) is 0 Å². The Labute approximate surface area is 112 Å². The lowest BCUT2D eigenvalue weighted by Crippen LogP contribution is -2.10. The smallest absolute Gasteiger partial charge is 0.163 e. The molecule has 3 heteroatoms. The summed E-state index contributed by atoms with van der Waals surface area (Å²) in [4.78, 5) is 11.9. The molecule has 0 spiro atoms. The fourth-order valence-electron chi connectivity index (χ4n) is 1.81. The third kappa shape index (κ3) is 3.52. The molecule has 0 aliphatic rings. The highest BCUT2D eigenvalue weighted by molar-refractivity contribution is 5.96. The molecule has 0 aromatic heterocycles. The van der Waals surface area contributed by atoms with E-state index in [1.807, 2.05) is 24.3 Å². The van der Waals surface area contributed by atoms with Gasteiger partial charge in [-0.3, -0.25) is 10.2 Å². The molecule has 0 aliphatic carbocycles. The summed E-state index contributed by atoms with van der Waals surface area (Å²) in [5.41, 5.74) is 7.78. The summed E-state index contributed by atoms with van der Waals surface area (Å²) >= 11 is 0. The van der Waals surface area contributed by atoms with E-state index in [0.29, 0.717) is 24.0 Å². The van der Waals surface area contributed by atoms with E-state index in [1.165, 1.54) is 0 Å². The first kappa shape index (κ1) is 13.0. The van der Waals surface area contributed by atoms with Crippen molar-refractivity contribution in [3.63, 3.8) is 0 Å². The number of hydrogen-bond donors (Lipinski definition) is 2. The summed E-state index contributed by atoms with van der Waals surface area (Å²) in [6, 6.07) is 17.5. The van der Waals surface area contributed by atoms with Crippen molar-refractivity contribution in [1.29, 1.82) is 5.41 Å². The van der Waals surface area contributed by atoms with Crippen molar-refractivity contribution in [1.82, 2.24) is 0 Å². The molecule has 0 saturated carbocycles. The molecule has 3 N–H and O–H groups in total. The number of carbonyl (C=O) groups excluding carboxylic acids is 1. The van der Waals surface area contributed by atoms with Gasteiger partial charge in [0.1, 0.15) is 5.84 Å². The number of aryl methyl sites for hydroxylation is 1. The molecule has 19 heavy (non-hydrogen) atoms. The molecule has 0 bridgehead atoms. The fraction of sp³-hybridized carbons (Fsp3) is 0.125. The van der Waals surface area contributed by atoms with Gasteiger partial charge < -0.3 is 5.73 Å². The number of ketones is 1. The molecule has 95 valence electrons. The van der Waals surface area contributed by atoms with Gasteiger partial charge in [-0.15, -0.1) is 0 Å². The summed E-state index contributed by atoms with van der Waals surface area (Å²) < 4.78 is 0. The maximum atomic E-state index is 11.9. The van der Waals surface area contributed by atoms with Gasteiger partial charge in [-0.2, -0.15) is 0 Å². The van der Waals surface area contributed by atoms with Crippen molar-refractivity contribution < 1.29 is 4.79 Å². The normalized spacial score (nSPS) is 10.1. The van der Waals surface area contributed by atoms with Crippen LogP contribution in [0.2, 0.25) is 0 Å². The minimum absolute atomic E-state index is 0.0570. The zero-order chi connectivity index (χ0) is 13.7. The van der Waals surface area contributed by atoms with Crippen LogP contribution in [0.15, 0.2) is 48.5 Å². The van der Waals surface area contributed by atoms with Crippen LogP contribution in [0.5, 0.6) is 0 Å². The van der Waals surface area contributed by atoms with E-state index in [0.717, 1.165) is 5.56 Å². The lowest BCUT2D eigenvalue weighted by Gasteiger charge is -2.03. The van der Waals surface area contributed by atoms with E-state index in [-0.39, 0.29) is 11.6 Å². The van der Waals surface area contributed by atoms with Gasteiger partial charge in [-0.1, -0.05) is 48.5 Å². The third-order valence-electron chi connectivity index (χ3n) is 2.92.